The average molecular weight is 360 g/mol. The zero-order valence-electron chi connectivity index (χ0n) is 16.0. The Hall–Kier alpha value is -2.41. The minimum Gasteiger partial charge on any atom is -0.369 e. The third-order valence-corrected chi connectivity index (χ3v) is 4.12. The van der Waals surface area contributed by atoms with Gasteiger partial charge in [0.25, 0.3) is 0 Å². The molecule has 0 unspecified atom stereocenters. The zero-order chi connectivity index (χ0) is 19.3. The Labute approximate surface area is 154 Å². The molecule has 2 rings (SSSR count). The van der Waals surface area contributed by atoms with Gasteiger partial charge >= 0.3 is 6.03 Å². The summed E-state index contributed by atoms with van der Waals surface area (Å²) in [6.45, 7) is 10.4. The Morgan fingerprint density at radius 1 is 1.00 bits per heavy atom. The molecule has 1 aromatic rings. The van der Waals surface area contributed by atoms with Gasteiger partial charge in [-0.3, -0.25) is 19.8 Å². The molecular formula is C19H28N4O3. The van der Waals surface area contributed by atoms with Crippen LogP contribution in [0.15, 0.2) is 24.3 Å². The first-order valence-corrected chi connectivity index (χ1v) is 8.84. The van der Waals surface area contributed by atoms with Crippen molar-refractivity contribution in [1.29, 1.82) is 0 Å². The molecule has 2 N–H and O–H groups in total. The third-order valence-electron chi connectivity index (χ3n) is 4.12. The zero-order valence-corrected chi connectivity index (χ0v) is 16.0. The molecule has 0 radical (unpaired) electrons. The number of imide groups is 1. The van der Waals surface area contributed by atoms with Crippen molar-refractivity contribution < 1.29 is 14.4 Å². The summed E-state index contributed by atoms with van der Waals surface area (Å²) in [7, 11) is 0. The molecule has 7 nitrogen and oxygen atoms in total. The molecular weight excluding hydrogens is 332 g/mol. The number of hydrogen-bond donors (Lipinski definition) is 2. The van der Waals surface area contributed by atoms with Crippen LogP contribution in [0.5, 0.6) is 0 Å². The highest BCUT2D eigenvalue weighted by Gasteiger charge is 2.21. The largest absolute Gasteiger partial charge is 0.369 e. The highest BCUT2D eigenvalue weighted by atomic mass is 16.2. The Kier molecular flexibility index (Phi) is 6.37. The highest BCUT2D eigenvalue weighted by Crippen LogP contribution is 2.17. The normalized spacial score (nSPS) is 15.5. The van der Waals surface area contributed by atoms with Gasteiger partial charge in [0, 0.05) is 43.0 Å². The summed E-state index contributed by atoms with van der Waals surface area (Å²) in [5.41, 5.74) is 1.40. The van der Waals surface area contributed by atoms with E-state index in [-0.39, 0.29) is 23.8 Å². The highest BCUT2D eigenvalue weighted by molar-refractivity contribution is 5.95. The number of urea groups is 1. The van der Waals surface area contributed by atoms with Crippen molar-refractivity contribution in [3.8, 4) is 0 Å². The molecule has 0 saturated carbocycles. The van der Waals surface area contributed by atoms with Gasteiger partial charge in [0.15, 0.2) is 5.78 Å². The number of ketones is 1. The van der Waals surface area contributed by atoms with Crippen molar-refractivity contribution in [1.82, 2.24) is 15.5 Å². The van der Waals surface area contributed by atoms with Crippen molar-refractivity contribution in [2.24, 2.45) is 0 Å². The number of nitrogens with one attached hydrogen (secondary N) is 2. The van der Waals surface area contributed by atoms with E-state index in [2.05, 4.69) is 15.5 Å². The summed E-state index contributed by atoms with van der Waals surface area (Å²) in [6, 6.07) is 7.12. The molecule has 3 amide bonds. The fraction of sp³-hybridized carbons (Fsp3) is 0.526. The number of anilines is 1. The molecule has 0 atom stereocenters. The van der Waals surface area contributed by atoms with Gasteiger partial charge in [-0.15, -0.1) is 0 Å². The molecule has 0 bridgehead atoms. The summed E-state index contributed by atoms with van der Waals surface area (Å²) in [4.78, 5) is 39.3. The van der Waals surface area contributed by atoms with Crippen LogP contribution in [0.1, 0.15) is 38.1 Å². The molecule has 1 heterocycles. The minimum atomic E-state index is -0.466. The maximum Gasteiger partial charge on any atom is 0.321 e. The number of amides is 3. The number of rotatable bonds is 4. The van der Waals surface area contributed by atoms with Crippen molar-refractivity contribution in [2.75, 3.05) is 37.6 Å². The van der Waals surface area contributed by atoms with Crippen molar-refractivity contribution in [3.63, 3.8) is 0 Å². The average Bonchev–Trinajstić information content (AvgIpc) is 2.53. The second-order valence-corrected chi connectivity index (χ2v) is 7.62. The molecule has 7 heteroatoms. The molecule has 1 aliphatic rings. The maximum atomic E-state index is 12.0. The summed E-state index contributed by atoms with van der Waals surface area (Å²) in [6.07, 6.45) is 0. The standard InChI is InChI=1S/C19H28N4O3/c1-14(24)15-5-7-16(8-6-15)23-11-9-22(10-12-23)13-17(25)20-18(26)21-19(2,3)4/h5-8H,9-13H2,1-4H3,(H2,20,21,25,26). The lowest BCUT2D eigenvalue weighted by Gasteiger charge is -2.35. The van der Waals surface area contributed by atoms with Crippen molar-refractivity contribution in [3.05, 3.63) is 29.8 Å². The number of piperazine rings is 1. The van der Waals surface area contributed by atoms with E-state index >= 15 is 0 Å². The second kappa shape index (κ2) is 8.31. The number of carbonyl (C=O) groups is 3. The first-order chi connectivity index (χ1) is 12.1. The van der Waals surface area contributed by atoms with E-state index in [1.165, 1.54) is 0 Å². The topological polar surface area (TPSA) is 81.8 Å². The fourth-order valence-corrected chi connectivity index (χ4v) is 2.81. The van der Waals surface area contributed by atoms with Crippen molar-refractivity contribution >= 4 is 23.4 Å². The summed E-state index contributed by atoms with van der Waals surface area (Å²) in [5.74, 6) is -0.242. The SMILES string of the molecule is CC(=O)c1ccc(N2CCN(CC(=O)NC(=O)NC(C)(C)C)CC2)cc1. The summed E-state index contributed by atoms with van der Waals surface area (Å²) >= 11 is 0. The lowest BCUT2D eigenvalue weighted by molar-refractivity contribution is -0.121. The predicted octanol–water partition coefficient (Wildman–Crippen LogP) is 1.64. The Morgan fingerprint density at radius 3 is 2.08 bits per heavy atom. The van der Waals surface area contributed by atoms with E-state index in [9.17, 15) is 14.4 Å². The molecule has 142 valence electrons. The fourth-order valence-electron chi connectivity index (χ4n) is 2.81. The van der Waals surface area contributed by atoms with E-state index in [1.54, 1.807) is 6.92 Å². The van der Waals surface area contributed by atoms with Crippen LogP contribution in [0.3, 0.4) is 0 Å². The predicted molar refractivity (Wildman–Crippen MR) is 102 cm³/mol. The number of hydrogen-bond acceptors (Lipinski definition) is 5. The molecule has 1 fully saturated rings. The van der Waals surface area contributed by atoms with Gasteiger partial charge in [0.2, 0.25) is 5.91 Å². The van der Waals surface area contributed by atoms with E-state index < -0.39 is 6.03 Å². The van der Waals surface area contributed by atoms with Gasteiger partial charge < -0.3 is 10.2 Å². The monoisotopic (exact) mass is 360 g/mol. The van der Waals surface area contributed by atoms with Crippen LogP contribution in [-0.4, -0.2) is 60.9 Å². The Morgan fingerprint density at radius 2 is 1.58 bits per heavy atom. The van der Waals surface area contributed by atoms with Crippen LogP contribution in [-0.2, 0) is 4.79 Å². The Balaban J connectivity index is 1.78. The molecule has 1 aliphatic heterocycles. The van der Waals surface area contributed by atoms with Crippen LogP contribution >= 0.6 is 0 Å². The minimum absolute atomic E-state index is 0.0582. The lowest BCUT2D eigenvalue weighted by Crippen LogP contribution is -2.53. The van der Waals surface area contributed by atoms with Crippen LogP contribution in [0, 0.1) is 0 Å². The van der Waals surface area contributed by atoms with E-state index in [0.717, 1.165) is 31.9 Å². The van der Waals surface area contributed by atoms with Gasteiger partial charge in [-0.05, 0) is 52.0 Å². The van der Waals surface area contributed by atoms with E-state index in [1.807, 2.05) is 49.9 Å². The molecule has 1 saturated heterocycles. The van der Waals surface area contributed by atoms with E-state index in [0.29, 0.717) is 5.56 Å². The molecule has 0 spiro atoms. The van der Waals surface area contributed by atoms with Gasteiger partial charge in [0.05, 0.1) is 6.54 Å². The van der Waals surface area contributed by atoms with Crippen LogP contribution < -0.4 is 15.5 Å². The van der Waals surface area contributed by atoms with Gasteiger partial charge in [-0.1, -0.05) is 0 Å². The lowest BCUT2D eigenvalue weighted by atomic mass is 10.1. The van der Waals surface area contributed by atoms with Gasteiger partial charge in [0.1, 0.15) is 0 Å². The van der Waals surface area contributed by atoms with Gasteiger partial charge in [-0.25, -0.2) is 4.79 Å². The molecule has 1 aromatic carbocycles. The second-order valence-electron chi connectivity index (χ2n) is 7.62. The first-order valence-electron chi connectivity index (χ1n) is 8.84. The van der Waals surface area contributed by atoms with Gasteiger partial charge in [-0.2, -0.15) is 0 Å². The van der Waals surface area contributed by atoms with E-state index in [4.69, 9.17) is 0 Å². The van der Waals surface area contributed by atoms with Crippen LogP contribution in [0.2, 0.25) is 0 Å². The molecule has 0 aromatic heterocycles. The number of nitrogens with zero attached hydrogens (tertiary/aromatic N) is 2. The third kappa shape index (κ3) is 6.15. The summed E-state index contributed by atoms with van der Waals surface area (Å²) in [5, 5.41) is 5.07. The molecule has 26 heavy (non-hydrogen) atoms. The number of benzene rings is 1. The number of carbonyl (C=O) groups excluding carboxylic acids is 3. The summed E-state index contributed by atoms with van der Waals surface area (Å²) < 4.78 is 0. The smallest absolute Gasteiger partial charge is 0.321 e. The maximum absolute atomic E-state index is 12.0. The molecule has 0 aliphatic carbocycles. The first kappa shape index (κ1) is 19.9. The number of Topliss-reactive ketones (excluding diaryl/α,β-unsaturated/α-hetero) is 1. The van der Waals surface area contributed by atoms with Crippen LogP contribution in [0.25, 0.3) is 0 Å². The van der Waals surface area contributed by atoms with Crippen molar-refractivity contribution in [2.45, 2.75) is 33.2 Å². The van der Waals surface area contributed by atoms with Crippen LogP contribution in [0.4, 0.5) is 10.5 Å². The Bertz CT molecular complexity index is 656. The quantitative estimate of drug-likeness (QED) is 0.798.